The topological polar surface area (TPSA) is 33.5 Å². The first-order valence-electron chi connectivity index (χ1n) is 6.25. The molecule has 1 aromatic heterocycles. The Morgan fingerprint density at radius 2 is 2.00 bits per heavy atom. The minimum absolute atomic E-state index is 0.206. The molecular formula is C15H9Cl2NO2S2. The number of thiocarbonyl (C=S) groups is 1. The van der Waals surface area contributed by atoms with Gasteiger partial charge in [-0.3, -0.25) is 9.69 Å². The van der Waals surface area contributed by atoms with Crippen molar-refractivity contribution in [3.05, 3.63) is 56.8 Å². The Balaban J connectivity index is 1.94. The molecule has 7 heteroatoms. The molecule has 1 saturated heterocycles. The summed E-state index contributed by atoms with van der Waals surface area (Å²) in [6.45, 7) is 1.85. The van der Waals surface area contributed by atoms with Gasteiger partial charge >= 0.3 is 0 Å². The Kier molecular flexibility index (Phi) is 4.32. The third kappa shape index (κ3) is 2.94. The Morgan fingerprint density at radius 3 is 2.64 bits per heavy atom. The van der Waals surface area contributed by atoms with Gasteiger partial charge in [-0.05, 0) is 37.3 Å². The number of amides is 1. The standard InChI is InChI=1S/C15H9Cl2NO2S2/c1-8-2-4-10(20-8)7-13-14(19)18(15(21)22-13)9-3-5-11(16)12(17)6-9/h2-7H,1H3/b13-7+. The van der Waals surface area contributed by atoms with Crippen molar-refractivity contribution in [2.75, 3.05) is 4.90 Å². The number of hydrogen-bond acceptors (Lipinski definition) is 4. The second-order valence-electron chi connectivity index (χ2n) is 4.56. The molecule has 0 radical (unpaired) electrons. The van der Waals surface area contributed by atoms with E-state index in [1.165, 1.54) is 16.7 Å². The van der Waals surface area contributed by atoms with E-state index in [1.54, 1.807) is 30.3 Å². The van der Waals surface area contributed by atoms with E-state index in [-0.39, 0.29) is 5.91 Å². The molecule has 1 aliphatic heterocycles. The van der Waals surface area contributed by atoms with Gasteiger partial charge in [0.2, 0.25) is 0 Å². The maximum absolute atomic E-state index is 12.6. The largest absolute Gasteiger partial charge is 0.462 e. The van der Waals surface area contributed by atoms with Crippen LogP contribution in [0.25, 0.3) is 6.08 Å². The quantitative estimate of drug-likeness (QED) is 0.531. The Morgan fingerprint density at radius 1 is 1.23 bits per heavy atom. The van der Waals surface area contributed by atoms with Crippen molar-refractivity contribution in [1.29, 1.82) is 0 Å². The van der Waals surface area contributed by atoms with E-state index in [2.05, 4.69) is 0 Å². The molecule has 0 spiro atoms. The number of thioether (sulfide) groups is 1. The van der Waals surface area contributed by atoms with Crippen LogP contribution in [-0.2, 0) is 4.79 Å². The summed E-state index contributed by atoms with van der Waals surface area (Å²) in [6.07, 6.45) is 1.68. The Bertz CT molecular complexity index is 814. The predicted molar refractivity (Wildman–Crippen MR) is 95.6 cm³/mol. The number of furan rings is 1. The van der Waals surface area contributed by atoms with Gasteiger partial charge in [0.05, 0.1) is 20.6 Å². The highest BCUT2D eigenvalue weighted by Crippen LogP contribution is 2.38. The maximum atomic E-state index is 12.6. The van der Waals surface area contributed by atoms with Crippen LogP contribution in [0.1, 0.15) is 11.5 Å². The van der Waals surface area contributed by atoms with E-state index in [4.69, 9.17) is 39.8 Å². The van der Waals surface area contributed by atoms with Crippen LogP contribution in [0, 0.1) is 6.92 Å². The number of aryl methyl sites for hydroxylation is 1. The van der Waals surface area contributed by atoms with Gasteiger partial charge in [0.1, 0.15) is 11.5 Å². The van der Waals surface area contributed by atoms with Crippen molar-refractivity contribution < 1.29 is 9.21 Å². The summed E-state index contributed by atoms with van der Waals surface area (Å²) in [5.41, 5.74) is 0.593. The van der Waals surface area contributed by atoms with E-state index in [0.717, 1.165) is 5.76 Å². The van der Waals surface area contributed by atoms with Crippen LogP contribution in [0.4, 0.5) is 5.69 Å². The molecule has 3 nitrogen and oxygen atoms in total. The van der Waals surface area contributed by atoms with Gasteiger partial charge in [-0.2, -0.15) is 0 Å². The second kappa shape index (κ2) is 6.08. The van der Waals surface area contributed by atoms with Crippen LogP contribution in [0.5, 0.6) is 0 Å². The summed E-state index contributed by atoms with van der Waals surface area (Å²) in [7, 11) is 0. The van der Waals surface area contributed by atoms with Crippen molar-refractivity contribution in [2.45, 2.75) is 6.92 Å². The highest BCUT2D eigenvalue weighted by atomic mass is 35.5. The van der Waals surface area contributed by atoms with Crippen molar-refractivity contribution in [1.82, 2.24) is 0 Å². The fourth-order valence-corrected chi connectivity index (χ4v) is 3.55. The van der Waals surface area contributed by atoms with Crippen LogP contribution >= 0.6 is 47.2 Å². The minimum atomic E-state index is -0.206. The summed E-state index contributed by atoms with van der Waals surface area (Å²) in [4.78, 5) is 14.5. The first-order chi connectivity index (χ1) is 10.5. The first-order valence-corrected chi connectivity index (χ1v) is 8.23. The summed E-state index contributed by atoms with van der Waals surface area (Å²) < 4.78 is 5.91. The highest BCUT2D eigenvalue weighted by Gasteiger charge is 2.33. The summed E-state index contributed by atoms with van der Waals surface area (Å²) >= 11 is 18.4. The molecule has 3 rings (SSSR count). The van der Waals surface area contributed by atoms with Gasteiger partial charge in [-0.1, -0.05) is 47.2 Å². The number of anilines is 1. The lowest BCUT2D eigenvalue weighted by molar-refractivity contribution is -0.113. The molecule has 1 amide bonds. The number of carbonyl (C=O) groups excluding carboxylic acids is 1. The van der Waals surface area contributed by atoms with Gasteiger partial charge in [0.15, 0.2) is 4.32 Å². The van der Waals surface area contributed by atoms with Crippen LogP contribution in [-0.4, -0.2) is 10.2 Å². The highest BCUT2D eigenvalue weighted by molar-refractivity contribution is 8.27. The van der Waals surface area contributed by atoms with Crippen LogP contribution < -0.4 is 4.90 Å². The molecule has 0 atom stereocenters. The van der Waals surface area contributed by atoms with Gasteiger partial charge in [-0.15, -0.1) is 0 Å². The Hall–Kier alpha value is -1.27. The van der Waals surface area contributed by atoms with Gasteiger partial charge in [0.25, 0.3) is 5.91 Å². The molecule has 0 bridgehead atoms. The number of nitrogens with zero attached hydrogens (tertiary/aromatic N) is 1. The maximum Gasteiger partial charge on any atom is 0.270 e. The van der Waals surface area contributed by atoms with Crippen LogP contribution in [0.15, 0.2) is 39.7 Å². The molecule has 1 aromatic carbocycles. The lowest BCUT2D eigenvalue weighted by Crippen LogP contribution is -2.27. The number of carbonyl (C=O) groups is 1. The molecular weight excluding hydrogens is 361 g/mol. The fourth-order valence-electron chi connectivity index (χ4n) is 1.97. The van der Waals surface area contributed by atoms with Crippen molar-refractivity contribution in [3.8, 4) is 0 Å². The molecule has 1 fully saturated rings. The van der Waals surface area contributed by atoms with Crippen molar-refractivity contribution in [3.63, 3.8) is 0 Å². The minimum Gasteiger partial charge on any atom is -0.462 e. The fraction of sp³-hybridized carbons (Fsp3) is 0.0667. The van der Waals surface area contributed by atoms with Crippen molar-refractivity contribution >= 4 is 69.2 Å². The molecule has 112 valence electrons. The van der Waals surface area contributed by atoms with E-state index < -0.39 is 0 Å². The van der Waals surface area contributed by atoms with Crippen molar-refractivity contribution in [2.24, 2.45) is 0 Å². The SMILES string of the molecule is Cc1ccc(/C=C2/SC(=S)N(c3ccc(Cl)c(Cl)c3)C2=O)o1. The lowest BCUT2D eigenvalue weighted by atomic mass is 10.3. The molecule has 0 aliphatic carbocycles. The number of rotatable bonds is 2. The van der Waals surface area contributed by atoms with E-state index >= 15 is 0 Å². The average molecular weight is 370 g/mol. The zero-order valence-corrected chi connectivity index (χ0v) is 14.4. The molecule has 1 aliphatic rings. The zero-order valence-electron chi connectivity index (χ0n) is 11.3. The van der Waals surface area contributed by atoms with Gasteiger partial charge < -0.3 is 4.42 Å². The van der Waals surface area contributed by atoms with E-state index in [1.807, 2.05) is 13.0 Å². The summed E-state index contributed by atoms with van der Waals surface area (Å²) in [6, 6.07) is 8.61. The normalized spacial score (nSPS) is 16.9. The van der Waals surface area contributed by atoms with Gasteiger partial charge in [-0.25, -0.2) is 0 Å². The summed E-state index contributed by atoms with van der Waals surface area (Å²) in [5, 5.41) is 0.802. The first kappa shape index (κ1) is 15.6. The van der Waals surface area contributed by atoms with E-state index in [0.29, 0.717) is 30.7 Å². The Labute approximate surface area is 146 Å². The second-order valence-corrected chi connectivity index (χ2v) is 7.05. The molecule has 0 saturated carbocycles. The smallest absolute Gasteiger partial charge is 0.270 e. The number of benzene rings is 1. The third-order valence-corrected chi connectivity index (χ3v) is 5.03. The molecule has 2 heterocycles. The monoisotopic (exact) mass is 369 g/mol. The number of halogens is 2. The van der Waals surface area contributed by atoms with Gasteiger partial charge in [0, 0.05) is 6.08 Å². The number of hydrogen-bond donors (Lipinski definition) is 0. The third-order valence-electron chi connectivity index (χ3n) is 2.99. The van der Waals surface area contributed by atoms with E-state index in [9.17, 15) is 4.79 Å². The molecule has 0 unspecified atom stereocenters. The molecule has 0 N–H and O–H groups in total. The molecule has 2 aromatic rings. The molecule has 22 heavy (non-hydrogen) atoms. The predicted octanol–water partition coefficient (Wildman–Crippen LogP) is 5.30. The van der Waals surface area contributed by atoms with Crippen LogP contribution in [0.2, 0.25) is 10.0 Å². The summed E-state index contributed by atoms with van der Waals surface area (Å²) in [5.74, 6) is 1.20. The van der Waals surface area contributed by atoms with Crippen LogP contribution in [0.3, 0.4) is 0 Å². The zero-order chi connectivity index (χ0) is 15.9. The average Bonchev–Trinajstić information content (AvgIpc) is 2.98. The lowest BCUT2D eigenvalue weighted by Gasteiger charge is -2.15.